The molecule has 2 heterocycles. The van der Waals surface area contributed by atoms with Gasteiger partial charge in [-0.2, -0.15) is 0 Å². The largest absolute Gasteiger partial charge is 0.495 e. The molecule has 2 atom stereocenters. The zero-order valence-corrected chi connectivity index (χ0v) is 25.5. The Morgan fingerprint density at radius 2 is 1.73 bits per heavy atom. The van der Waals surface area contributed by atoms with E-state index in [9.17, 15) is 28.3 Å². The average Bonchev–Trinajstić information content (AvgIpc) is 3.02. The number of carbonyl (C=O) groups excluding carboxylic acids is 2. The minimum absolute atomic E-state index is 0.00418. The second-order valence-electron chi connectivity index (χ2n) is 9.88. The van der Waals surface area contributed by atoms with Gasteiger partial charge >= 0.3 is 12.0 Å². The van der Waals surface area contributed by atoms with E-state index in [0.717, 1.165) is 9.87 Å². The molecule has 4 N–H and O–H groups in total. The predicted molar refractivity (Wildman–Crippen MR) is 171 cm³/mol. The number of pyridine rings is 2. The molecule has 3 amide bonds. The molecule has 45 heavy (non-hydrogen) atoms. The van der Waals surface area contributed by atoms with Gasteiger partial charge in [-0.25, -0.2) is 9.00 Å². The summed E-state index contributed by atoms with van der Waals surface area (Å²) in [5.74, 6) is -1.10. The zero-order chi connectivity index (χ0) is 32.5. The average molecular weight is 633 g/mol. The molecule has 0 aliphatic rings. The maximum absolute atomic E-state index is 13.2. The van der Waals surface area contributed by atoms with E-state index < -0.39 is 35.7 Å². The van der Waals surface area contributed by atoms with Crippen LogP contribution >= 0.6 is 0 Å². The molecule has 0 radical (unpaired) electrons. The van der Waals surface area contributed by atoms with Crippen molar-refractivity contribution in [3.05, 3.63) is 102 Å². The first kappa shape index (κ1) is 32.6. The van der Waals surface area contributed by atoms with Crippen molar-refractivity contribution < 1.29 is 33.0 Å². The van der Waals surface area contributed by atoms with E-state index in [1.165, 1.54) is 42.7 Å². The van der Waals surface area contributed by atoms with Crippen LogP contribution in [0.1, 0.15) is 29.3 Å². The summed E-state index contributed by atoms with van der Waals surface area (Å²) in [6.07, 6.45) is 3.72. The summed E-state index contributed by atoms with van der Waals surface area (Å²) in [4.78, 5) is 47.1. The summed E-state index contributed by atoms with van der Waals surface area (Å²) in [6, 6.07) is 17.1. The molecular weight excluding hydrogens is 600 g/mol. The van der Waals surface area contributed by atoms with Crippen LogP contribution in [0, 0.1) is 6.92 Å². The van der Waals surface area contributed by atoms with Crippen LogP contribution < -0.4 is 24.6 Å². The van der Waals surface area contributed by atoms with E-state index in [4.69, 9.17) is 4.74 Å². The summed E-state index contributed by atoms with van der Waals surface area (Å²) < 4.78 is 28.7. The molecule has 4 rings (SSSR count). The second-order valence-corrected chi connectivity index (χ2v) is 10.7. The number of aromatic nitrogens is 2. The molecule has 2 aromatic carbocycles. The van der Waals surface area contributed by atoms with Crippen LogP contribution in [0.25, 0.3) is 0 Å². The normalized spacial score (nSPS) is 12.0. The van der Waals surface area contributed by atoms with Crippen molar-refractivity contribution in [2.45, 2.75) is 25.8 Å². The summed E-state index contributed by atoms with van der Waals surface area (Å²) in [5, 5.41) is 15.1. The van der Waals surface area contributed by atoms with Crippen LogP contribution in [0.5, 0.6) is 5.75 Å². The molecule has 0 saturated carbocycles. The monoisotopic (exact) mass is 632 g/mol. The SMILES string of the molecule is COc1cc(CC(=O)N(C)c2ccc(C(CC(=O)O)N(c3cccnc3)S(=O)O)nc2)ccc1NC(=O)Nc1ccccc1C. The maximum Gasteiger partial charge on any atom is 0.323 e. The predicted octanol–water partition coefficient (Wildman–Crippen LogP) is 4.80. The van der Waals surface area contributed by atoms with Crippen LogP contribution in [-0.2, 0) is 27.3 Å². The number of aryl methyl sites for hydroxylation is 1. The number of carboxylic acid groups (broad SMARTS) is 1. The number of rotatable bonds is 12. The van der Waals surface area contributed by atoms with Crippen LogP contribution in [0.4, 0.5) is 27.5 Å². The highest BCUT2D eigenvalue weighted by Crippen LogP contribution is 2.31. The molecule has 0 aliphatic carbocycles. The Morgan fingerprint density at radius 3 is 2.36 bits per heavy atom. The Kier molecular flexibility index (Phi) is 10.8. The lowest BCUT2D eigenvalue weighted by atomic mass is 10.1. The lowest BCUT2D eigenvalue weighted by molar-refractivity contribution is -0.137. The van der Waals surface area contributed by atoms with E-state index in [0.29, 0.717) is 28.4 Å². The summed E-state index contributed by atoms with van der Waals surface area (Å²) in [7, 11) is 3.03. The highest BCUT2D eigenvalue weighted by molar-refractivity contribution is 7.80. The van der Waals surface area contributed by atoms with E-state index >= 15 is 0 Å². The van der Waals surface area contributed by atoms with Crippen molar-refractivity contribution in [2.75, 3.05) is 34.0 Å². The third-order valence-electron chi connectivity index (χ3n) is 6.86. The Labute approximate surface area is 262 Å². The standard InChI is InChI=1S/C31H32N6O7S/c1-20-7-4-5-9-24(20)34-31(41)35-26-12-10-21(15-28(26)44-3)16-29(38)36(2)22-11-13-25(33-19-22)27(17-30(39)40)37(45(42)43)23-8-6-14-32-18-23/h4-15,18-19,27H,16-17H2,1-3H3,(H,39,40)(H,42,43)(H2,34,35,41). The van der Waals surface area contributed by atoms with E-state index in [1.807, 2.05) is 25.1 Å². The number of ether oxygens (including phenoxy) is 1. The zero-order valence-electron chi connectivity index (χ0n) is 24.7. The lowest BCUT2D eigenvalue weighted by Crippen LogP contribution is -2.33. The smallest absolute Gasteiger partial charge is 0.323 e. The van der Waals surface area contributed by atoms with Crippen LogP contribution in [0.15, 0.2) is 85.3 Å². The molecule has 14 heteroatoms. The summed E-state index contributed by atoms with van der Waals surface area (Å²) >= 11 is -2.58. The molecule has 2 unspecified atom stereocenters. The van der Waals surface area contributed by atoms with Crippen molar-refractivity contribution in [2.24, 2.45) is 0 Å². The summed E-state index contributed by atoms with van der Waals surface area (Å²) in [6.45, 7) is 1.89. The van der Waals surface area contributed by atoms with Gasteiger partial charge in [-0.05, 0) is 60.5 Å². The van der Waals surface area contributed by atoms with Gasteiger partial charge in [0.25, 0.3) is 11.3 Å². The Morgan fingerprint density at radius 1 is 0.978 bits per heavy atom. The van der Waals surface area contributed by atoms with Gasteiger partial charge in [-0.15, -0.1) is 0 Å². The third kappa shape index (κ3) is 8.40. The van der Waals surface area contributed by atoms with Gasteiger partial charge in [-0.1, -0.05) is 24.3 Å². The number of anilines is 4. The number of nitrogens with one attached hydrogen (secondary N) is 2. The topological polar surface area (TPSA) is 174 Å². The fraction of sp³-hybridized carbons (Fsp3) is 0.194. The van der Waals surface area contributed by atoms with Crippen molar-refractivity contribution in [3.8, 4) is 5.75 Å². The molecule has 234 valence electrons. The third-order valence-corrected chi connectivity index (χ3v) is 7.66. The van der Waals surface area contributed by atoms with Crippen molar-refractivity contribution in [3.63, 3.8) is 0 Å². The van der Waals surface area contributed by atoms with Gasteiger partial charge in [0.2, 0.25) is 5.91 Å². The molecular formula is C31H32N6O7S. The molecule has 0 saturated heterocycles. The molecule has 0 spiro atoms. The number of hydrogen-bond acceptors (Lipinski definition) is 7. The van der Waals surface area contributed by atoms with E-state index in [-0.39, 0.29) is 23.7 Å². The first-order valence-electron chi connectivity index (χ1n) is 13.6. The molecule has 0 fully saturated rings. The van der Waals surface area contributed by atoms with Crippen LogP contribution in [0.3, 0.4) is 0 Å². The van der Waals surface area contributed by atoms with Crippen LogP contribution in [-0.4, -0.2) is 55.9 Å². The van der Waals surface area contributed by atoms with Gasteiger partial charge in [-0.3, -0.25) is 28.4 Å². The minimum Gasteiger partial charge on any atom is -0.495 e. The van der Waals surface area contributed by atoms with Crippen LogP contribution in [0.2, 0.25) is 0 Å². The van der Waals surface area contributed by atoms with E-state index in [2.05, 4.69) is 20.6 Å². The highest BCUT2D eigenvalue weighted by atomic mass is 32.2. The first-order chi connectivity index (χ1) is 21.6. The van der Waals surface area contributed by atoms with Gasteiger partial charge in [0.1, 0.15) is 5.75 Å². The van der Waals surface area contributed by atoms with Gasteiger partial charge in [0.05, 0.1) is 61.1 Å². The minimum atomic E-state index is -2.58. The highest BCUT2D eigenvalue weighted by Gasteiger charge is 2.29. The maximum atomic E-state index is 13.2. The van der Waals surface area contributed by atoms with Crippen molar-refractivity contribution in [1.82, 2.24) is 9.97 Å². The molecule has 2 aromatic heterocycles. The Hall–Kier alpha value is -5.34. The Bertz CT molecular complexity index is 1690. The molecule has 0 aliphatic heterocycles. The number of carbonyl (C=O) groups is 3. The quantitative estimate of drug-likeness (QED) is 0.160. The van der Waals surface area contributed by atoms with E-state index in [1.54, 1.807) is 43.4 Å². The first-order valence-corrected chi connectivity index (χ1v) is 14.7. The summed E-state index contributed by atoms with van der Waals surface area (Å²) in [5.41, 5.74) is 3.53. The number of nitrogens with zero attached hydrogens (tertiary/aromatic N) is 4. The number of hydrogen-bond donors (Lipinski definition) is 4. The fourth-order valence-corrected chi connectivity index (χ4v) is 5.19. The number of para-hydroxylation sites is 1. The second kappa shape index (κ2) is 14.9. The van der Waals surface area contributed by atoms with Gasteiger partial charge in [0, 0.05) is 18.9 Å². The number of likely N-dealkylation sites (N-methyl/N-ethyl adjacent to an activating group) is 1. The number of urea groups is 1. The lowest BCUT2D eigenvalue weighted by Gasteiger charge is -2.28. The molecule has 13 nitrogen and oxygen atoms in total. The van der Waals surface area contributed by atoms with Gasteiger partial charge in [0.15, 0.2) is 0 Å². The number of carboxylic acids is 1. The fourth-order valence-electron chi connectivity index (χ4n) is 4.50. The van der Waals surface area contributed by atoms with Crippen molar-refractivity contribution >= 4 is 51.9 Å². The Balaban J connectivity index is 1.46. The molecule has 4 aromatic rings. The van der Waals surface area contributed by atoms with Gasteiger partial charge < -0.3 is 25.4 Å². The van der Waals surface area contributed by atoms with Crippen molar-refractivity contribution in [1.29, 1.82) is 0 Å². The number of methoxy groups -OCH3 is 1. The number of benzene rings is 2. The molecule has 0 bridgehead atoms. The number of amides is 3. The number of aliphatic carboxylic acids is 1.